The molecule has 2 aromatic carbocycles. The van der Waals surface area contributed by atoms with E-state index in [-0.39, 0.29) is 24.4 Å². The normalized spacial score (nSPS) is 16.5. The third-order valence-electron chi connectivity index (χ3n) is 4.26. The Morgan fingerprint density at radius 1 is 1.19 bits per heavy atom. The highest BCUT2D eigenvalue weighted by Gasteiger charge is 2.23. The van der Waals surface area contributed by atoms with Crippen LogP contribution in [0.1, 0.15) is 18.4 Å². The van der Waals surface area contributed by atoms with Crippen LogP contribution < -0.4 is 4.74 Å². The standard InChI is InChI=1S/C20H21ClFNO3/c21-16-5-3-15(4-6-16)12-23(13-19-2-1-11-25-19)20(24)14-26-18-9-7-17(22)8-10-18/h3-10,19H,1-2,11-14H2. The molecule has 1 atom stereocenters. The predicted octanol–water partition coefficient (Wildman–Crippen LogP) is 4.07. The van der Waals surface area contributed by atoms with Crippen LogP contribution >= 0.6 is 11.6 Å². The fraction of sp³-hybridized carbons (Fsp3) is 0.350. The Morgan fingerprint density at radius 2 is 1.92 bits per heavy atom. The first-order valence-electron chi connectivity index (χ1n) is 8.62. The van der Waals surface area contributed by atoms with E-state index in [1.807, 2.05) is 12.1 Å². The zero-order chi connectivity index (χ0) is 18.4. The van der Waals surface area contributed by atoms with Crippen molar-refractivity contribution in [2.24, 2.45) is 0 Å². The molecule has 138 valence electrons. The number of rotatable bonds is 7. The molecular weight excluding hydrogens is 357 g/mol. The Morgan fingerprint density at radius 3 is 2.58 bits per heavy atom. The predicted molar refractivity (Wildman–Crippen MR) is 97.7 cm³/mol. The van der Waals surface area contributed by atoms with E-state index < -0.39 is 0 Å². The summed E-state index contributed by atoms with van der Waals surface area (Å²) >= 11 is 5.93. The zero-order valence-corrected chi connectivity index (χ0v) is 15.1. The van der Waals surface area contributed by atoms with Gasteiger partial charge in [-0.15, -0.1) is 0 Å². The van der Waals surface area contributed by atoms with Gasteiger partial charge in [-0.05, 0) is 54.8 Å². The summed E-state index contributed by atoms with van der Waals surface area (Å²) in [6.07, 6.45) is 2.01. The minimum Gasteiger partial charge on any atom is -0.484 e. The Balaban J connectivity index is 1.63. The minimum absolute atomic E-state index is 0.0528. The molecule has 3 rings (SSSR count). The van der Waals surface area contributed by atoms with Crippen molar-refractivity contribution in [3.63, 3.8) is 0 Å². The number of halogens is 2. The SMILES string of the molecule is O=C(COc1ccc(F)cc1)N(Cc1ccc(Cl)cc1)CC1CCCO1. The summed E-state index contributed by atoms with van der Waals surface area (Å²) in [5.74, 6) is -0.0190. The second-order valence-electron chi connectivity index (χ2n) is 6.28. The van der Waals surface area contributed by atoms with Gasteiger partial charge in [-0.2, -0.15) is 0 Å². The van der Waals surface area contributed by atoms with Crippen LogP contribution in [0.5, 0.6) is 5.75 Å². The molecule has 1 aliphatic rings. The number of hydrogen-bond donors (Lipinski definition) is 0. The molecule has 2 aromatic rings. The molecule has 1 saturated heterocycles. The lowest BCUT2D eigenvalue weighted by molar-refractivity contribution is -0.135. The van der Waals surface area contributed by atoms with Crippen molar-refractivity contribution < 1.29 is 18.7 Å². The smallest absolute Gasteiger partial charge is 0.260 e. The van der Waals surface area contributed by atoms with E-state index in [1.54, 1.807) is 17.0 Å². The van der Waals surface area contributed by atoms with Gasteiger partial charge in [0.25, 0.3) is 5.91 Å². The fourth-order valence-electron chi connectivity index (χ4n) is 2.87. The molecule has 0 bridgehead atoms. The second kappa shape index (κ2) is 9.01. The maximum absolute atomic E-state index is 13.0. The molecule has 1 heterocycles. The third kappa shape index (κ3) is 5.44. The van der Waals surface area contributed by atoms with Crippen LogP contribution in [0.2, 0.25) is 5.02 Å². The summed E-state index contributed by atoms with van der Waals surface area (Å²) in [4.78, 5) is 14.4. The Bertz CT molecular complexity index is 715. The van der Waals surface area contributed by atoms with Gasteiger partial charge in [-0.25, -0.2) is 4.39 Å². The first kappa shape index (κ1) is 18.7. The van der Waals surface area contributed by atoms with Crippen molar-refractivity contribution in [1.82, 2.24) is 4.90 Å². The molecule has 0 aromatic heterocycles. The largest absolute Gasteiger partial charge is 0.484 e. The second-order valence-corrected chi connectivity index (χ2v) is 6.71. The maximum atomic E-state index is 13.0. The van der Waals surface area contributed by atoms with E-state index in [9.17, 15) is 9.18 Å². The van der Waals surface area contributed by atoms with Gasteiger partial charge in [0, 0.05) is 24.7 Å². The number of nitrogens with zero attached hydrogens (tertiary/aromatic N) is 1. The number of carbonyl (C=O) groups is 1. The topological polar surface area (TPSA) is 38.8 Å². The third-order valence-corrected chi connectivity index (χ3v) is 4.52. The molecule has 0 saturated carbocycles. The van der Waals surface area contributed by atoms with E-state index in [2.05, 4.69) is 0 Å². The van der Waals surface area contributed by atoms with Gasteiger partial charge >= 0.3 is 0 Å². The van der Waals surface area contributed by atoms with Crippen LogP contribution in [-0.4, -0.2) is 36.7 Å². The number of amides is 1. The van der Waals surface area contributed by atoms with E-state index in [4.69, 9.17) is 21.1 Å². The lowest BCUT2D eigenvalue weighted by Gasteiger charge is -2.25. The average Bonchev–Trinajstić information content (AvgIpc) is 3.15. The van der Waals surface area contributed by atoms with Crippen molar-refractivity contribution in [2.45, 2.75) is 25.5 Å². The number of hydrogen-bond acceptors (Lipinski definition) is 3. The Labute approximate surface area is 157 Å². The zero-order valence-electron chi connectivity index (χ0n) is 14.4. The first-order valence-corrected chi connectivity index (χ1v) is 9.00. The lowest BCUT2D eigenvalue weighted by atomic mass is 10.2. The van der Waals surface area contributed by atoms with Crippen LogP contribution in [0, 0.1) is 5.82 Å². The molecule has 0 aliphatic carbocycles. The molecule has 4 nitrogen and oxygen atoms in total. The van der Waals surface area contributed by atoms with Crippen LogP contribution in [0.3, 0.4) is 0 Å². The van der Waals surface area contributed by atoms with Crippen LogP contribution in [0.25, 0.3) is 0 Å². The molecule has 1 aliphatic heterocycles. The Hall–Kier alpha value is -2.11. The monoisotopic (exact) mass is 377 g/mol. The van der Waals surface area contributed by atoms with E-state index in [0.717, 1.165) is 25.0 Å². The highest BCUT2D eigenvalue weighted by molar-refractivity contribution is 6.30. The maximum Gasteiger partial charge on any atom is 0.260 e. The summed E-state index contributed by atoms with van der Waals surface area (Å²) in [5.41, 5.74) is 0.988. The molecule has 1 unspecified atom stereocenters. The average molecular weight is 378 g/mol. The molecular formula is C20H21ClFNO3. The number of benzene rings is 2. The quantitative estimate of drug-likeness (QED) is 0.730. The van der Waals surface area contributed by atoms with Crippen molar-refractivity contribution >= 4 is 17.5 Å². The van der Waals surface area contributed by atoms with Crippen molar-refractivity contribution in [1.29, 1.82) is 0 Å². The molecule has 6 heteroatoms. The van der Waals surface area contributed by atoms with Gasteiger partial charge in [-0.3, -0.25) is 4.79 Å². The number of carbonyl (C=O) groups excluding carboxylic acids is 1. The first-order chi connectivity index (χ1) is 12.6. The van der Waals surface area contributed by atoms with Crippen molar-refractivity contribution in [3.8, 4) is 5.75 Å². The van der Waals surface area contributed by atoms with Crippen molar-refractivity contribution in [2.75, 3.05) is 19.8 Å². The van der Waals surface area contributed by atoms with E-state index in [1.165, 1.54) is 24.3 Å². The van der Waals surface area contributed by atoms with Gasteiger partial charge < -0.3 is 14.4 Å². The van der Waals surface area contributed by atoms with E-state index >= 15 is 0 Å². The van der Waals surface area contributed by atoms with Gasteiger partial charge in [-0.1, -0.05) is 23.7 Å². The molecule has 1 amide bonds. The summed E-state index contributed by atoms with van der Waals surface area (Å²) in [6.45, 7) is 1.61. The Kier molecular flexibility index (Phi) is 6.47. The highest BCUT2D eigenvalue weighted by Crippen LogP contribution is 2.17. The molecule has 0 spiro atoms. The molecule has 26 heavy (non-hydrogen) atoms. The molecule has 1 fully saturated rings. The van der Waals surface area contributed by atoms with Gasteiger partial charge in [0.15, 0.2) is 6.61 Å². The van der Waals surface area contributed by atoms with Crippen LogP contribution in [-0.2, 0) is 16.1 Å². The lowest BCUT2D eigenvalue weighted by Crippen LogP contribution is -2.39. The summed E-state index contributed by atoms with van der Waals surface area (Å²) in [6, 6.07) is 13.0. The minimum atomic E-state index is -0.341. The summed E-state index contributed by atoms with van der Waals surface area (Å²) in [7, 11) is 0. The van der Waals surface area contributed by atoms with Gasteiger partial charge in [0.1, 0.15) is 11.6 Å². The van der Waals surface area contributed by atoms with Crippen LogP contribution in [0.15, 0.2) is 48.5 Å². The number of ether oxygens (including phenoxy) is 2. The summed E-state index contributed by atoms with van der Waals surface area (Å²) < 4.78 is 24.1. The van der Waals surface area contributed by atoms with Gasteiger partial charge in [0.2, 0.25) is 0 Å². The van der Waals surface area contributed by atoms with Crippen LogP contribution in [0.4, 0.5) is 4.39 Å². The highest BCUT2D eigenvalue weighted by atomic mass is 35.5. The van der Waals surface area contributed by atoms with E-state index in [0.29, 0.717) is 23.9 Å². The molecule has 0 radical (unpaired) electrons. The fourth-order valence-corrected chi connectivity index (χ4v) is 2.99. The van der Waals surface area contributed by atoms with Gasteiger partial charge in [0.05, 0.1) is 6.10 Å². The summed E-state index contributed by atoms with van der Waals surface area (Å²) in [5, 5.41) is 0.658. The molecule has 0 N–H and O–H groups in total. The van der Waals surface area contributed by atoms with Crippen molar-refractivity contribution in [3.05, 3.63) is 64.9 Å².